The van der Waals surface area contributed by atoms with Crippen LogP contribution in [0.25, 0.3) is 0 Å². The number of carbonyl (C=O) groups excluding carboxylic acids is 2. The maximum absolute atomic E-state index is 12.8. The lowest BCUT2D eigenvalue weighted by molar-refractivity contribution is -0.126. The molecule has 3 rings (SSSR count). The Kier molecular flexibility index (Phi) is 6.11. The number of hydrogen-bond acceptors (Lipinski definition) is 4. The molecule has 1 aliphatic rings. The Morgan fingerprint density at radius 1 is 1.14 bits per heavy atom. The summed E-state index contributed by atoms with van der Waals surface area (Å²) in [4.78, 5) is 29.1. The lowest BCUT2D eigenvalue weighted by Gasteiger charge is -2.34. The van der Waals surface area contributed by atoms with Gasteiger partial charge in [0, 0.05) is 23.3 Å². The van der Waals surface area contributed by atoms with Gasteiger partial charge in [-0.05, 0) is 37.3 Å². The summed E-state index contributed by atoms with van der Waals surface area (Å²) in [6.07, 6.45) is 0. The van der Waals surface area contributed by atoms with Crippen molar-refractivity contribution in [2.24, 2.45) is 5.41 Å². The fourth-order valence-electron chi connectivity index (χ4n) is 3.33. The molecule has 154 valence electrons. The standard InChI is InChI=1S/C23H29N3O3/c1-5-25(18-9-7-6-8-10-18)21(27)16-24-17-11-12-20-19(15-17)26(13-14-29-20)22(28)23(2,3)4/h6-12,15,24H,5,13-14,16H2,1-4H3. The van der Waals surface area contributed by atoms with E-state index in [0.29, 0.717) is 25.4 Å². The van der Waals surface area contributed by atoms with Crippen molar-refractivity contribution in [2.45, 2.75) is 27.7 Å². The number of carbonyl (C=O) groups is 2. The average molecular weight is 396 g/mol. The average Bonchev–Trinajstić information content (AvgIpc) is 2.72. The van der Waals surface area contributed by atoms with Gasteiger partial charge in [-0.3, -0.25) is 9.59 Å². The Morgan fingerprint density at radius 3 is 2.52 bits per heavy atom. The molecule has 0 saturated heterocycles. The molecule has 2 aromatic carbocycles. The Bertz CT molecular complexity index is 875. The van der Waals surface area contributed by atoms with Crippen LogP contribution in [0.3, 0.4) is 0 Å². The van der Waals surface area contributed by atoms with E-state index in [0.717, 1.165) is 17.1 Å². The second-order valence-corrected chi connectivity index (χ2v) is 8.06. The molecular weight excluding hydrogens is 366 g/mol. The molecule has 1 aliphatic heterocycles. The maximum Gasteiger partial charge on any atom is 0.246 e. The van der Waals surface area contributed by atoms with Gasteiger partial charge in [0.15, 0.2) is 0 Å². The van der Waals surface area contributed by atoms with Crippen molar-refractivity contribution in [3.05, 3.63) is 48.5 Å². The maximum atomic E-state index is 12.8. The summed E-state index contributed by atoms with van der Waals surface area (Å²) in [5.41, 5.74) is 1.91. The van der Waals surface area contributed by atoms with Crippen LogP contribution in [0.1, 0.15) is 27.7 Å². The number of hydrogen-bond donors (Lipinski definition) is 1. The highest BCUT2D eigenvalue weighted by Gasteiger charge is 2.32. The Balaban J connectivity index is 1.74. The first-order valence-corrected chi connectivity index (χ1v) is 9.99. The SMILES string of the molecule is CCN(C(=O)CNc1ccc2c(c1)N(C(=O)C(C)(C)C)CCO2)c1ccccc1. The summed E-state index contributed by atoms with van der Waals surface area (Å²) < 4.78 is 5.71. The molecule has 0 radical (unpaired) electrons. The smallest absolute Gasteiger partial charge is 0.246 e. The Hall–Kier alpha value is -3.02. The summed E-state index contributed by atoms with van der Waals surface area (Å²) in [5, 5.41) is 3.19. The highest BCUT2D eigenvalue weighted by atomic mass is 16.5. The second kappa shape index (κ2) is 8.55. The van der Waals surface area contributed by atoms with E-state index in [1.54, 1.807) is 9.80 Å². The molecule has 6 heteroatoms. The number of anilines is 3. The van der Waals surface area contributed by atoms with Crippen LogP contribution >= 0.6 is 0 Å². The zero-order chi connectivity index (χ0) is 21.0. The van der Waals surface area contributed by atoms with Gasteiger partial charge in [0.1, 0.15) is 12.4 Å². The van der Waals surface area contributed by atoms with Gasteiger partial charge in [-0.1, -0.05) is 39.0 Å². The lowest BCUT2D eigenvalue weighted by Crippen LogP contribution is -2.44. The van der Waals surface area contributed by atoms with Crippen molar-refractivity contribution in [1.29, 1.82) is 0 Å². The summed E-state index contributed by atoms with van der Waals surface area (Å²) >= 11 is 0. The first kappa shape index (κ1) is 20.7. The Labute approximate surface area is 172 Å². The van der Waals surface area contributed by atoms with Gasteiger partial charge < -0.3 is 19.9 Å². The molecule has 0 unspecified atom stereocenters. The largest absolute Gasteiger partial charge is 0.490 e. The predicted octanol–water partition coefficient (Wildman–Crippen LogP) is 3.92. The van der Waals surface area contributed by atoms with Crippen molar-refractivity contribution >= 4 is 28.9 Å². The number of benzene rings is 2. The van der Waals surface area contributed by atoms with Gasteiger partial charge in [0.2, 0.25) is 11.8 Å². The molecule has 1 N–H and O–H groups in total. The third-order valence-corrected chi connectivity index (χ3v) is 4.84. The molecule has 0 saturated carbocycles. The minimum atomic E-state index is -0.481. The summed E-state index contributed by atoms with van der Waals surface area (Å²) in [5.74, 6) is 0.719. The highest BCUT2D eigenvalue weighted by Crippen LogP contribution is 2.36. The van der Waals surface area contributed by atoms with Crippen LogP contribution < -0.4 is 19.9 Å². The van der Waals surface area contributed by atoms with Crippen molar-refractivity contribution in [1.82, 2.24) is 0 Å². The van der Waals surface area contributed by atoms with Gasteiger partial charge >= 0.3 is 0 Å². The van der Waals surface area contributed by atoms with Gasteiger partial charge in [-0.15, -0.1) is 0 Å². The van der Waals surface area contributed by atoms with Crippen LogP contribution in [0.15, 0.2) is 48.5 Å². The number of nitrogens with zero attached hydrogens (tertiary/aromatic N) is 2. The molecule has 0 bridgehead atoms. The van der Waals surface area contributed by atoms with E-state index in [-0.39, 0.29) is 18.4 Å². The molecule has 1 heterocycles. The van der Waals surface area contributed by atoms with Crippen LogP contribution in [0.2, 0.25) is 0 Å². The molecular formula is C23H29N3O3. The fourth-order valence-corrected chi connectivity index (χ4v) is 3.33. The second-order valence-electron chi connectivity index (χ2n) is 8.06. The molecule has 2 aromatic rings. The zero-order valence-electron chi connectivity index (χ0n) is 17.6. The number of fused-ring (bicyclic) bond motifs is 1. The van der Waals surface area contributed by atoms with Crippen LogP contribution in [0.4, 0.5) is 17.1 Å². The number of rotatable bonds is 5. The topological polar surface area (TPSA) is 61.9 Å². The number of likely N-dealkylation sites (N-methyl/N-ethyl adjacent to an activating group) is 1. The van der Waals surface area contributed by atoms with Gasteiger partial charge in [0.05, 0.1) is 18.8 Å². The van der Waals surface area contributed by atoms with E-state index < -0.39 is 5.41 Å². The third-order valence-electron chi connectivity index (χ3n) is 4.84. The fraction of sp³-hybridized carbons (Fsp3) is 0.391. The van der Waals surface area contributed by atoms with Gasteiger partial charge in [0.25, 0.3) is 0 Å². The number of para-hydroxylation sites is 1. The third kappa shape index (κ3) is 4.70. The quantitative estimate of drug-likeness (QED) is 0.833. The minimum Gasteiger partial charge on any atom is -0.490 e. The van der Waals surface area contributed by atoms with E-state index >= 15 is 0 Å². The van der Waals surface area contributed by atoms with Crippen LogP contribution in [-0.2, 0) is 9.59 Å². The molecule has 0 fully saturated rings. The molecule has 2 amide bonds. The zero-order valence-corrected chi connectivity index (χ0v) is 17.6. The van der Waals surface area contributed by atoms with Crippen molar-refractivity contribution in [3.8, 4) is 5.75 Å². The van der Waals surface area contributed by atoms with Crippen molar-refractivity contribution < 1.29 is 14.3 Å². The molecule has 6 nitrogen and oxygen atoms in total. The molecule has 0 aliphatic carbocycles. The Morgan fingerprint density at radius 2 is 1.86 bits per heavy atom. The molecule has 0 atom stereocenters. The number of ether oxygens (including phenoxy) is 1. The van der Waals surface area contributed by atoms with Gasteiger partial charge in [-0.25, -0.2) is 0 Å². The summed E-state index contributed by atoms with van der Waals surface area (Å²) in [7, 11) is 0. The lowest BCUT2D eigenvalue weighted by atomic mass is 9.94. The summed E-state index contributed by atoms with van der Waals surface area (Å²) in [6, 6.07) is 15.2. The normalized spacial score (nSPS) is 13.3. The molecule has 0 spiro atoms. The molecule has 29 heavy (non-hydrogen) atoms. The molecule has 0 aromatic heterocycles. The van der Waals surface area contributed by atoms with E-state index in [2.05, 4.69) is 5.32 Å². The minimum absolute atomic E-state index is 0.0182. The van der Waals surface area contributed by atoms with Gasteiger partial charge in [-0.2, -0.15) is 0 Å². The van der Waals surface area contributed by atoms with Crippen molar-refractivity contribution in [3.63, 3.8) is 0 Å². The number of amides is 2. The first-order chi connectivity index (χ1) is 13.8. The first-order valence-electron chi connectivity index (χ1n) is 9.99. The summed E-state index contributed by atoms with van der Waals surface area (Å²) in [6.45, 7) is 9.44. The predicted molar refractivity (Wildman–Crippen MR) is 117 cm³/mol. The van der Waals surface area contributed by atoms with Crippen LogP contribution in [0.5, 0.6) is 5.75 Å². The van der Waals surface area contributed by atoms with Crippen LogP contribution in [-0.4, -0.2) is 38.1 Å². The van der Waals surface area contributed by atoms with E-state index in [1.807, 2.05) is 76.2 Å². The van der Waals surface area contributed by atoms with Crippen LogP contribution in [0, 0.1) is 5.41 Å². The van der Waals surface area contributed by atoms with Crippen molar-refractivity contribution in [2.75, 3.05) is 41.4 Å². The highest BCUT2D eigenvalue weighted by molar-refractivity contribution is 5.99. The monoisotopic (exact) mass is 395 g/mol. The van der Waals surface area contributed by atoms with E-state index in [1.165, 1.54) is 0 Å². The van der Waals surface area contributed by atoms with E-state index in [4.69, 9.17) is 4.74 Å². The van der Waals surface area contributed by atoms with E-state index in [9.17, 15) is 9.59 Å². The number of nitrogens with one attached hydrogen (secondary N) is 1.